The van der Waals surface area contributed by atoms with Gasteiger partial charge < -0.3 is 9.15 Å². The van der Waals surface area contributed by atoms with E-state index in [0.29, 0.717) is 11.2 Å². The SMILES string of the molecule is C=C(Cn1c(=O)oc2cccnc21)C(=O)OCC. The van der Waals surface area contributed by atoms with E-state index in [9.17, 15) is 9.59 Å². The Hall–Kier alpha value is -2.37. The standard InChI is InChI=1S/C12H12N2O4/c1-3-17-11(15)8(2)7-14-10-9(18-12(14)16)5-4-6-13-10/h4-6H,2-3,7H2,1H3. The predicted molar refractivity (Wildman–Crippen MR) is 64.0 cm³/mol. The molecule has 0 saturated carbocycles. The van der Waals surface area contributed by atoms with Crippen LogP contribution in [0.1, 0.15) is 6.92 Å². The van der Waals surface area contributed by atoms with Gasteiger partial charge in [0.25, 0.3) is 0 Å². The van der Waals surface area contributed by atoms with Crippen LogP contribution in [0, 0.1) is 0 Å². The summed E-state index contributed by atoms with van der Waals surface area (Å²) >= 11 is 0. The molecule has 0 bridgehead atoms. The molecule has 0 aliphatic rings. The van der Waals surface area contributed by atoms with Gasteiger partial charge in [0.15, 0.2) is 11.2 Å². The quantitative estimate of drug-likeness (QED) is 0.598. The van der Waals surface area contributed by atoms with Crippen molar-refractivity contribution in [2.45, 2.75) is 13.5 Å². The second-order valence-electron chi connectivity index (χ2n) is 3.60. The molecule has 0 unspecified atom stereocenters. The Kier molecular flexibility index (Phi) is 3.27. The highest BCUT2D eigenvalue weighted by Crippen LogP contribution is 2.10. The molecule has 0 saturated heterocycles. The summed E-state index contributed by atoms with van der Waals surface area (Å²) in [4.78, 5) is 27.1. The molecule has 2 rings (SSSR count). The fraction of sp³-hybridized carbons (Fsp3) is 0.250. The monoisotopic (exact) mass is 248 g/mol. The summed E-state index contributed by atoms with van der Waals surface area (Å²) in [6, 6.07) is 3.29. The van der Waals surface area contributed by atoms with Gasteiger partial charge in [0.1, 0.15) is 0 Å². The van der Waals surface area contributed by atoms with E-state index < -0.39 is 11.7 Å². The Morgan fingerprint density at radius 2 is 2.39 bits per heavy atom. The average molecular weight is 248 g/mol. The zero-order valence-corrected chi connectivity index (χ0v) is 9.88. The van der Waals surface area contributed by atoms with Crippen molar-refractivity contribution in [3.8, 4) is 0 Å². The number of rotatable bonds is 4. The molecule has 0 aliphatic heterocycles. The van der Waals surface area contributed by atoms with Gasteiger partial charge in [-0.15, -0.1) is 0 Å². The number of fused-ring (bicyclic) bond motifs is 1. The van der Waals surface area contributed by atoms with Crippen molar-refractivity contribution in [2.24, 2.45) is 0 Å². The van der Waals surface area contributed by atoms with E-state index in [0.717, 1.165) is 0 Å². The predicted octanol–water partition coefficient (Wildman–Crippen LogP) is 1.11. The molecule has 0 aliphatic carbocycles. The van der Waals surface area contributed by atoms with Crippen LogP contribution >= 0.6 is 0 Å². The fourth-order valence-electron chi connectivity index (χ4n) is 1.53. The van der Waals surface area contributed by atoms with Crippen molar-refractivity contribution in [3.05, 3.63) is 41.0 Å². The summed E-state index contributed by atoms with van der Waals surface area (Å²) < 4.78 is 11.0. The molecule has 18 heavy (non-hydrogen) atoms. The number of hydrogen-bond donors (Lipinski definition) is 0. The van der Waals surface area contributed by atoms with Crippen LogP contribution in [0.2, 0.25) is 0 Å². The van der Waals surface area contributed by atoms with Crippen molar-refractivity contribution in [1.29, 1.82) is 0 Å². The lowest BCUT2D eigenvalue weighted by Gasteiger charge is -2.05. The second-order valence-corrected chi connectivity index (χ2v) is 3.60. The average Bonchev–Trinajstić information content (AvgIpc) is 2.66. The van der Waals surface area contributed by atoms with Gasteiger partial charge in [0.2, 0.25) is 0 Å². The van der Waals surface area contributed by atoms with Crippen molar-refractivity contribution >= 4 is 17.2 Å². The van der Waals surface area contributed by atoms with Crippen LogP contribution < -0.4 is 5.76 Å². The Balaban J connectivity index is 2.32. The molecule has 0 aromatic carbocycles. The normalized spacial score (nSPS) is 10.5. The largest absolute Gasteiger partial charge is 0.463 e. The van der Waals surface area contributed by atoms with Crippen molar-refractivity contribution in [1.82, 2.24) is 9.55 Å². The van der Waals surface area contributed by atoms with Gasteiger partial charge in [-0.1, -0.05) is 6.58 Å². The van der Waals surface area contributed by atoms with Crippen molar-refractivity contribution in [3.63, 3.8) is 0 Å². The molecule has 6 nitrogen and oxygen atoms in total. The van der Waals surface area contributed by atoms with E-state index in [1.54, 1.807) is 25.3 Å². The minimum atomic E-state index is -0.575. The summed E-state index contributed by atoms with van der Waals surface area (Å²) in [5.74, 6) is -1.11. The summed E-state index contributed by atoms with van der Waals surface area (Å²) in [5, 5.41) is 0. The topological polar surface area (TPSA) is 74.3 Å². The molecule has 0 radical (unpaired) electrons. The molecule has 94 valence electrons. The van der Waals surface area contributed by atoms with Gasteiger partial charge in [-0.2, -0.15) is 0 Å². The number of carbonyl (C=O) groups is 1. The lowest BCUT2D eigenvalue weighted by molar-refractivity contribution is -0.138. The molecule has 2 aromatic heterocycles. The minimum Gasteiger partial charge on any atom is -0.463 e. The van der Waals surface area contributed by atoms with Gasteiger partial charge in [0, 0.05) is 11.8 Å². The van der Waals surface area contributed by atoms with Crippen LogP contribution in [-0.4, -0.2) is 22.1 Å². The smallest absolute Gasteiger partial charge is 0.421 e. The van der Waals surface area contributed by atoms with E-state index in [1.165, 1.54) is 4.57 Å². The molecule has 2 aromatic rings. The maximum absolute atomic E-state index is 11.6. The maximum Gasteiger partial charge on any atom is 0.421 e. The molecular formula is C12H12N2O4. The highest BCUT2D eigenvalue weighted by Gasteiger charge is 2.14. The number of carbonyl (C=O) groups excluding carboxylic acids is 1. The third kappa shape index (κ3) is 2.17. The first-order chi connectivity index (χ1) is 8.63. The Labute approximate surface area is 102 Å². The van der Waals surface area contributed by atoms with Crippen molar-refractivity contribution < 1.29 is 13.9 Å². The van der Waals surface area contributed by atoms with E-state index in [2.05, 4.69) is 11.6 Å². The molecular weight excluding hydrogens is 236 g/mol. The first-order valence-corrected chi connectivity index (χ1v) is 5.42. The Morgan fingerprint density at radius 3 is 3.11 bits per heavy atom. The van der Waals surface area contributed by atoms with E-state index >= 15 is 0 Å². The van der Waals surface area contributed by atoms with Crippen LogP contribution in [0.15, 0.2) is 39.7 Å². The summed E-state index contributed by atoms with van der Waals surface area (Å²) in [6.07, 6.45) is 1.54. The highest BCUT2D eigenvalue weighted by molar-refractivity contribution is 5.87. The van der Waals surface area contributed by atoms with E-state index in [1.807, 2.05) is 0 Å². The van der Waals surface area contributed by atoms with Gasteiger partial charge in [-0.05, 0) is 19.1 Å². The van der Waals surface area contributed by atoms with Gasteiger partial charge in [0.05, 0.1) is 13.2 Å². The molecule has 0 N–H and O–H groups in total. The van der Waals surface area contributed by atoms with Crippen LogP contribution in [-0.2, 0) is 16.1 Å². The third-order valence-corrected chi connectivity index (χ3v) is 2.34. The summed E-state index contributed by atoms with van der Waals surface area (Å²) in [5.41, 5.74) is 0.930. The van der Waals surface area contributed by atoms with Crippen LogP contribution in [0.5, 0.6) is 0 Å². The number of pyridine rings is 1. The van der Waals surface area contributed by atoms with E-state index in [-0.39, 0.29) is 18.7 Å². The second kappa shape index (κ2) is 4.87. The van der Waals surface area contributed by atoms with Crippen molar-refractivity contribution in [2.75, 3.05) is 6.61 Å². The zero-order chi connectivity index (χ0) is 13.1. The minimum absolute atomic E-state index is 0.00167. The molecule has 0 amide bonds. The van der Waals surface area contributed by atoms with Crippen LogP contribution in [0.4, 0.5) is 0 Å². The first kappa shape index (κ1) is 12.1. The lowest BCUT2D eigenvalue weighted by Crippen LogP contribution is -2.19. The maximum atomic E-state index is 11.6. The number of hydrogen-bond acceptors (Lipinski definition) is 5. The summed E-state index contributed by atoms with van der Waals surface area (Å²) in [6.45, 7) is 5.56. The number of nitrogens with zero attached hydrogens (tertiary/aromatic N) is 2. The number of esters is 1. The number of oxazole rings is 1. The zero-order valence-electron chi connectivity index (χ0n) is 9.88. The lowest BCUT2D eigenvalue weighted by atomic mass is 10.3. The molecule has 0 fully saturated rings. The Bertz CT molecular complexity index is 653. The molecule has 2 heterocycles. The number of ether oxygens (including phenoxy) is 1. The summed E-state index contributed by atoms with van der Waals surface area (Å²) in [7, 11) is 0. The van der Waals surface area contributed by atoms with E-state index in [4.69, 9.17) is 9.15 Å². The highest BCUT2D eigenvalue weighted by atomic mass is 16.5. The molecule has 0 atom stereocenters. The molecule has 6 heteroatoms. The van der Waals surface area contributed by atoms with Gasteiger partial charge in [-0.3, -0.25) is 4.57 Å². The van der Waals surface area contributed by atoms with Crippen LogP contribution in [0.3, 0.4) is 0 Å². The first-order valence-electron chi connectivity index (χ1n) is 5.42. The fourth-order valence-corrected chi connectivity index (χ4v) is 1.53. The molecule has 0 spiro atoms. The third-order valence-electron chi connectivity index (χ3n) is 2.34. The van der Waals surface area contributed by atoms with Gasteiger partial charge >= 0.3 is 11.7 Å². The van der Waals surface area contributed by atoms with Gasteiger partial charge in [-0.25, -0.2) is 14.6 Å². The Morgan fingerprint density at radius 1 is 1.61 bits per heavy atom. The van der Waals surface area contributed by atoms with Crippen LogP contribution in [0.25, 0.3) is 11.2 Å². The number of aromatic nitrogens is 2.